The number of nitrogens with zero attached hydrogens (tertiary/aromatic N) is 3. The zero-order valence-electron chi connectivity index (χ0n) is 12.0. The van der Waals surface area contributed by atoms with Gasteiger partial charge >= 0.3 is 6.03 Å². The Morgan fingerprint density at radius 3 is 2.20 bits per heavy atom. The van der Waals surface area contributed by atoms with Gasteiger partial charge in [0.25, 0.3) is 0 Å². The maximum absolute atomic E-state index is 12.4. The second kappa shape index (κ2) is 5.97. The van der Waals surface area contributed by atoms with Gasteiger partial charge < -0.3 is 24.9 Å². The molecule has 0 aromatic carbocycles. The molecule has 2 fully saturated rings. The number of aliphatic hydroxyl groups excluding tert-OH is 2. The van der Waals surface area contributed by atoms with Gasteiger partial charge in [-0.05, 0) is 12.8 Å². The summed E-state index contributed by atoms with van der Waals surface area (Å²) in [6.45, 7) is 1.45. The second-order valence-corrected chi connectivity index (χ2v) is 5.84. The van der Waals surface area contributed by atoms with Crippen LogP contribution >= 0.6 is 0 Å². The summed E-state index contributed by atoms with van der Waals surface area (Å²) in [5, 5.41) is 19.0. The molecular formula is C13H23N3O4. The zero-order chi connectivity index (χ0) is 14.9. The van der Waals surface area contributed by atoms with E-state index in [2.05, 4.69) is 0 Å². The number of carbonyl (C=O) groups is 2. The van der Waals surface area contributed by atoms with Crippen LogP contribution in [0.2, 0.25) is 0 Å². The van der Waals surface area contributed by atoms with Crippen molar-refractivity contribution >= 4 is 11.9 Å². The number of aliphatic hydroxyl groups is 2. The molecule has 2 aliphatic rings. The fraction of sp³-hybridized carbons (Fsp3) is 0.846. The quantitative estimate of drug-likeness (QED) is 0.643. The molecule has 114 valence electrons. The lowest BCUT2D eigenvalue weighted by atomic mass is 9.97. The van der Waals surface area contributed by atoms with Crippen molar-refractivity contribution in [2.45, 2.75) is 25.0 Å². The molecular weight excluding hydrogens is 262 g/mol. The Kier molecular flexibility index (Phi) is 4.49. The number of hydrogen-bond acceptors (Lipinski definition) is 4. The van der Waals surface area contributed by atoms with Crippen LogP contribution in [-0.4, -0.2) is 89.3 Å². The summed E-state index contributed by atoms with van der Waals surface area (Å²) in [6, 6.07) is -0.0796. The summed E-state index contributed by atoms with van der Waals surface area (Å²) in [7, 11) is 3.39. The van der Waals surface area contributed by atoms with E-state index in [0.29, 0.717) is 13.1 Å². The van der Waals surface area contributed by atoms with Crippen LogP contribution in [0.25, 0.3) is 0 Å². The Morgan fingerprint density at radius 2 is 1.65 bits per heavy atom. The van der Waals surface area contributed by atoms with E-state index in [1.807, 2.05) is 0 Å². The van der Waals surface area contributed by atoms with Crippen LogP contribution in [0.5, 0.6) is 0 Å². The summed E-state index contributed by atoms with van der Waals surface area (Å²) in [5.41, 5.74) is 0. The minimum Gasteiger partial charge on any atom is -0.388 e. The van der Waals surface area contributed by atoms with Gasteiger partial charge in [0.1, 0.15) is 0 Å². The topological polar surface area (TPSA) is 84.3 Å². The minimum absolute atomic E-state index is 0.0724. The molecule has 0 spiro atoms. The fourth-order valence-electron chi connectivity index (χ4n) is 2.84. The Bertz CT molecular complexity index is 378. The fourth-order valence-corrected chi connectivity index (χ4v) is 2.84. The highest BCUT2D eigenvalue weighted by atomic mass is 16.3. The van der Waals surface area contributed by atoms with E-state index in [4.69, 9.17) is 0 Å². The first-order valence-corrected chi connectivity index (χ1v) is 7.01. The van der Waals surface area contributed by atoms with Crippen molar-refractivity contribution in [3.63, 3.8) is 0 Å². The van der Waals surface area contributed by atoms with Gasteiger partial charge in [-0.15, -0.1) is 0 Å². The van der Waals surface area contributed by atoms with Gasteiger partial charge in [0.05, 0.1) is 18.1 Å². The van der Waals surface area contributed by atoms with E-state index >= 15 is 0 Å². The molecule has 2 N–H and O–H groups in total. The van der Waals surface area contributed by atoms with Gasteiger partial charge in [-0.2, -0.15) is 0 Å². The van der Waals surface area contributed by atoms with Gasteiger partial charge in [-0.1, -0.05) is 0 Å². The number of hydrogen-bond donors (Lipinski definition) is 2. The van der Waals surface area contributed by atoms with Crippen LogP contribution in [0.4, 0.5) is 4.79 Å². The number of carbonyl (C=O) groups excluding carboxylic acids is 2. The lowest BCUT2D eigenvalue weighted by Crippen LogP contribution is -2.49. The summed E-state index contributed by atoms with van der Waals surface area (Å²) >= 11 is 0. The molecule has 0 aliphatic carbocycles. The summed E-state index contributed by atoms with van der Waals surface area (Å²) in [6.07, 6.45) is -0.169. The number of amides is 3. The smallest absolute Gasteiger partial charge is 0.319 e. The number of rotatable bonds is 1. The largest absolute Gasteiger partial charge is 0.388 e. The minimum atomic E-state index is -0.859. The summed E-state index contributed by atoms with van der Waals surface area (Å²) < 4.78 is 0. The predicted molar refractivity (Wildman–Crippen MR) is 72.0 cm³/mol. The van der Waals surface area contributed by atoms with Crippen molar-refractivity contribution in [3.05, 3.63) is 0 Å². The summed E-state index contributed by atoms with van der Waals surface area (Å²) in [4.78, 5) is 29.0. The molecule has 3 amide bonds. The van der Waals surface area contributed by atoms with Crippen molar-refractivity contribution in [1.29, 1.82) is 0 Å². The Balaban J connectivity index is 1.95. The third kappa shape index (κ3) is 3.04. The van der Waals surface area contributed by atoms with Crippen molar-refractivity contribution < 1.29 is 19.8 Å². The molecule has 2 rings (SSSR count). The second-order valence-electron chi connectivity index (χ2n) is 5.84. The van der Waals surface area contributed by atoms with Gasteiger partial charge in [0, 0.05) is 40.3 Å². The van der Waals surface area contributed by atoms with Gasteiger partial charge in [0.2, 0.25) is 5.91 Å². The molecule has 2 heterocycles. The van der Waals surface area contributed by atoms with Gasteiger partial charge in [-0.25, -0.2) is 4.79 Å². The Hall–Kier alpha value is -1.34. The molecule has 20 heavy (non-hydrogen) atoms. The Morgan fingerprint density at radius 1 is 1.05 bits per heavy atom. The van der Waals surface area contributed by atoms with Gasteiger partial charge in [0.15, 0.2) is 0 Å². The summed E-state index contributed by atoms with van der Waals surface area (Å²) in [5.74, 6) is -0.304. The first-order chi connectivity index (χ1) is 9.40. The third-order valence-corrected chi connectivity index (χ3v) is 3.99. The van der Waals surface area contributed by atoms with E-state index < -0.39 is 12.2 Å². The standard InChI is InChI=1S/C13H23N3O4/c1-14(2)13(20)15-5-3-4-9(6-15)12(19)16-7-10(17)11(18)8-16/h9-11,17-18H,3-8H2,1-2H3. The number of β-amino-alcohol motifs (C(OH)–C–C–N with tert-alkyl or cyclic N) is 2. The molecule has 2 aliphatic heterocycles. The normalized spacial score (nSPS) is 30.5. The molecule has 0 radical (unpaired) electrons. The van der Waals surface area contributed by atoms with Crippen LogP contribution in [0.3, 0.4) is 0 Å². The van der Waals surface area contributed by atoms with Crippen LogP contribution in [0.1, 0.15) is 12.8 Å². The molecule has 0 aromatic heterocycles. The van der Waals surface area contributed by atoms with Gasteiger partial charge in [-0.3, -0.25) is 4.79 Å². The monoisotopic (exact) mass is 285 g/mol. The lowest BCUT2D eigenvalue weighted by molar-refractivity contribution is -0.136. The SMILES string of the molecule is CN(C)C(=O)N1CCCC(C(=O)N2CC(O)C(O)C2)C1. The molecule has 0 saturated carbocycles. The Labute approximate surface area is 118 Å². The van der Waals surface area contributed by atoms with Crippen molar-refractivity contribution in [2.24, 2.45) is 5.92 Å². The van der Waals surface area contributed by atoms with E-state index in [-0.39, 0.29) is 30.9 Å². The van der Waals surface area contributed by atoms with E-state index in [0.717, 1.165) is 12.8 Å². The third-order valence-electron chi connectivity index (χ3n) is 3.99. The molecule has 2 saturated heterocycles. The van der Waals surface area contributed by atoms with Crippen LogP contribution in [0.15, 0.2) is 0 Å². The van der Waals surface area contributed by atoms with Crippen LogP contribution < -0.4 is 0 Å². The van der Waals surface area contributed by atoms with Crippen molar-refractivity contribution in [2.75, 3.05) is 40.3 Å². The molecule has 3 unspecified atom stereocenters. The average molecular weight is 285 g/mol. The number of urea groups is 1. The van der Waals surface area contributed by atoms with E-state index in [1.54, 1.807) is 19.0 Å². The van der Waals surface area contributed by atoms with Crippen molar-refractivity contribution in [1.82, 2.24) is 14.7 Å². The van der Waals surface area contributed by atoms with Crippen LogP contribution in [0, 0.1) is 5.92 Å². The first kappa shape index (κ1) is 15.1. The first-order valence-electron chi connectivity index (χ1n) is 7.01. The van der Waals surface area contributed by atoms with E-state index in [9.17, 15) is 19.8 Å². The predicted octanol–water partition coefficient (Wildman–Crippen LogP) is -1.06. The highest BCUT2D eigenvalue weighted by Crippen LogP contribution is 2.22. The molecule has 0 aromatic rings. The maximum Gasteiger partial charge on any atom is 0.319 e. The lowest BCUT2D eigenvalue weighted by Gasteiger charge is -2.35. The maximum atomic E-state index is 12.4. The van der Waals surface area contributed by atoms with Crippen LogP contribution in [-0.2, 0) is 4.79 Å². The molecule has 7 heteroatoms. The van der Waals surface area contributed by atoms with Crippen molar-refractivity contribution in [3.8, 4) is 0 Å². The molecule has 0 bridgehead atoms. The zero-order valence-corrected chi connectivity index (χ0v) is 12.0. The number of piperidine rings is 1. The highest BCUT2D eigenvalue weighted by Gasteiger charge is 2.37. The molecule has 7 nitrogen and oxygen atoms in total. The number of likely N-dealkylation sites (tertiary alicyclic amines) is 2. The highest BCUT2D eigenvalue weighted by molar-refractivity contribution is 5.81. The van der Waals surface area contributed by atoms with E-state index in [1.165, 1.54) is 9.80 Å². The average Bonchev–Trinajstić information content (AvgIpc) is 2.77. The molecule has 3 atom stereocenters.